The van der Waals surface area contributed by atoms with Crippen LogP contribution >= 0.6 is 0 Å². The van der Waals surface area contributed by atoms with Crippen LogP contribution in [0.4, 0.5) is 0 Å². The molecule has 0 fully saturated rings. The van der Waals surface area contributed by atoms with Crippen LogP contribution in [0.25, 0.3) is 0 Å². The van der Waals surface area contributed by atoms with Gasteiger partial charge in [-0.2, -0.15) is 5.10 Å². The van der Waals surface area contributed by atoms with Crippen LogP contribution in [-0.2, 0) is 13.5 Å². The van der Waals surface area contributed by atoms with E-state index in [0.717, 1.165) is 28.3 Å². The van der Waals surface area contributed by atoms with Crippen LogP contribution in [0, 0.1) is 13.8 Å². The van der Waals surface area contributed by atoms with E-state index in [1.54, 1.807) is 0 Å². The number of aryl methyl sites for hydroxylation is 2. The lowest BCUT2D eigenvalue weighted by Crippen LogP contribution is -2.04. The standard InChI is InChI=1S/C16H22N2O2/c1-5-20-14-8-6-7-13(9-14)16(19)10-15-11(2)17-18(4)12(15)3/h6-9,16,19H,5,10H2,1-4H3. The zero-order valence-corrected chi connectivity index (χ0v) is 12.6. The predicted molar refractivity (Wildman–Crippen MR) is 79.0 cm³/mol. The Balaban J connectivity index is 2.19. The Morgan fingerprint density at radius 2 is 2.10 bits per heavy atom. The Hall–Kier alpha value is -1.81. The largest absolute Gasteiger partial charge is 0.494 e. The van der Waals surface area contributed by atoms with Gasteiger partial charge < -0.3 is 9.84 Å². The summed E-state index contributed by atoms with van der Waals surface area (Å²) in [5.41, 5.74) is 4.06. The number of aliphatic hydroxyl groups is 1. The number of hydrogen-bond donors (Lipinski definition) is 1. The van der Waals surface area contributed by atoms with E-state index in [0.29, 0.717) is 13.0 Å². The summed E-state index contributed by atoms with van der Waals surface area (Å²) in [7, 11) is 1.92. The van der Waals surface area contributed by atoms with Crippen molar-refractivity contribution >= 4 is 0 Å². The van der Waals surface area contributed by atoms with Gasteiger partial charge in [0.2, 0.25) is 0 Å². The Morgan fingerprint density at radius 3 is 2.70 bits per heavy atom. The molecule has 0 saturated carbocycles. The maximum atomic E-state index is 10.4. The monoisotopic (exact) mass is 274 g/mol. The van der Waals surface area contributed by atoms with Crippen molar-refractivity contribution in [3.63, 3.8) is 0 Å². The second-order valence-electron chi connectivity index (χ2n) is 5.00. The highest BCUT2D eigenvalue weighted by atomic mass is 16.5. The quantitative estimate of drug-likeness (QED) is 0.912. The second-order valence-corrected chi connectivity index (χ2v) is 5.00. The average molecular weight is 274 g/mol. The zero-order chi connectivity index (χ0) is 14.7. The lowest BCUT2D eigenvalue weighted by molar-refractivity contribution is 0.177. The highest BCUT2D eigenvalue weighted by molar-refractivity contribution is 5.32. The van der Waals surface area contributed by atoms with E-state index in [2.05, 4.69) is 5.10 Å². The van der Waals surface area contributed by atoms with Gasteiger partial charge in [0.1, 0.15) is 5.75 Å². The number of hydrogen-bond acceptors (Lipinski definition) is 3. The van der Waals surface area contributed by atoms with Crippen molar-refractivity contribution in [2.75, 3.05) is 6.61 Å². The van der Waals surface area contributed by atoms with E-state index in [-0.39, 0.29) is 0 Å². The van der Waals surface area contributed by atoms with E-state index in [1.165, 1.54) is 0 Å². The van der Waals surface area contributed by atoms with Crippen molar-refractivity contribution in [1.82, 2.24) is 9.78 Å². The second kappa shape index (κ2) is 6.09. The Labute approximate surface area is 120 Å². The van der Waals surface area contributed by atoms with Gasteiger partial charge in [0.25, 0.3) is 0 Å². The maximum Gasteiger partial charge on any atom is 0.119 e. The fourth-order valence-electron chi connectivity index (χ4n) is 2.40. The molecule has 1 heterocycles. The Kier molecular flexibility index (Phi) is 4.45. The van der Waals surface area contributed by atoms with Crippen LogP contribution in [0.2, 0.25) is 0 Å². The highest BCUT2D eigenvalue weighted by Crippen LogP contribution is 2.25. The van der Waals surface area contributed by atoms with Gasteiger partial charge in [-0.15, -0.1) is 0 Å². The van der Waals surface area contributed by atoms with Gasteiger partial charge in [0.15, 0.2) is 0 Å². The third-order valence-corrected chi connectivity index (χ3v) is 3.61. The third-order valence-electron chi connectivity index (χ3n) is 3.61. The number of rotatable bonds is 5. The van der Waals surface area contributed by atoms with Gasteiger partial charge >= 0.3 is 0 Å². The lowest BCUT2D eigenvalue weighted by atomic mass is 10.00. The van der Waals surface area contributed by atoms with Crippen LogP contribution in [-0.4, -0.2) is 21.5 Å². The van der Waals surface area contributed by atoms with Crippen molar-refractivity contribution in [2.24, 2.45) is 7.05 Å². The normalized spacial score (nSPS) is 12.4. The first-order valence-electron chi connectivity index (χ1n) is 6.92. The molecule has 0 amide bonds. The Morgan fingerprint density at radius 1 is 1.35 bits per heavy atom. The number of aromatic nitrogens is 2. The van der Waals surface area contributed by atoms with Crippen molar-refractivity contribution < 1.29 is 9.84 Å². The molecule has 0 aliphatic carbocycles. The molecule has 0 spiro atoms. The molecule has 1 atom stereocenters. The summed E-state index contributed by atoms with van der Waals surface area (Å²) < 4.78 is 7.33. The van der Waals surface area contributed by atoms with Gasteiger partial charge in [-0.3, -0.25) is 4.68 Å². The molecule has 4 heteroatoms. The minimum Gasteiger partial charge on any atom is -0.494 e. The number of aliphatic hydroxyl groups excluding tert-OH is 1. The first-order valence-corrected chi connectivity index (χ1v) is 6.92. The molecule has 108 valence electrons. The van der Waals surface area contributed by atoms with Crippen molar-refractivity contribution in [3.8, 4) is 5.75 Å². The fraction of sp³-hybridized carbons (Fsp3) is 0.438. The van der Waals surface area contributed by atoms with E-state index >= 15 is 0 Å². The van der Waals surface area contributed by atoms with Crippen LogP contribution in [0.15, 0.2) is 24.3 Å². The molecule has 1 aromatic heterocycles. The molecule has 20 heavy (non-hydrogen) atoms. The van der Waals surface area contributed by atoms with E-state index in [1.807, 2.05) is 56.8 Å². The molecule has 4 nitrogen and oxygen atoms in total. The molecule has 2 rings (SSSR count). The summed E-state index contributed by atoms with van der Waals surface area (Å²) in [6, 6.07) is 7.64. The SMILES string of the molecule is CCOc1cccc(C(O)Cc2c(C)nn(C)c2C)c1. The molecule has 0 bridgehead atoms. The fourth-order valence-corrected chi connectivity index (χ4v) is 2.40. The van der Waals surface area contributed by atoms with Gasteiger partial charge in [-0.05, 0) is 44.0 Å². The molecule has 0 aliphatic rings. The van der Waals surface area contributed by atoms with Crippen LogP contribution in [0.1, 0.15) is 35.5 Å². The molecular weight excluding hydrogens is 252 g/mol. The Bertz CT molecular complexity index is 590. The first kappa shape index (κ1) is 14.6. The minimum absolute atomic E-state index is 0.544. The van der Waals surface area contributed by atoms with Crippen LogP contribution < -0.4 is 4.74 Å². The summed E-state index contributed by atoms with van der Waals surface area (Å²) >= 11 is 0. The van der Waals surface area contributed by atoms with Crippen molar-refractivity contribution in [3.05, 3.63) is 46.8 Å². The van der Waals surface area contributed by atoms with Gasteiger partial charge in [-0.1, -0.05) is 12.1 Å². The highest BCUT2D eigenvalue weighted by Gasteiger charge is 2.16. The number of nitrogens with zero attached hydrogens (tertiary/aromatic N) is 2. The van der Waals surface area contributed by atoms with Crippen molar-refractivity contribution in [2.45, 2.75) is 33.3 Å². The first-order chi connectivity index (χ1) is 9.52. The van der Waals surface area contributed by atoms with Gasteiger partial charge in [0.05, 0.1) is 18.4 Å². The third kappa shape index (κ3) is 3.02. The van der Waals surface area contributed by atoms with E-state index in [9.17, 15) is 5.11 Å². The maximum absolute atomic E-state index is 10.4. The van der Waals surface area contributed by atoms with Crippen LogP contribution in [0.3, 0.4) is 0 Å². The van der Waals surface area contributed by atoms with E-state index < -0.39 is 6.10 Å². The summed E-state index contributed by atoms with van der Waals surface area (Å²) in [5.74, 6) is 0.795. The summed E-state index contributed by atoms with van der Waals surface area (Å²) in [6.07, 6.45) is 0.0261. The number of benzene rings is 1. The molecule has 0 aliphatic heterocycles. The smallest absolute Gasteiger partial charge is 0.119 e. The minimum atomic E-state index is -0.544. The van der Waals surface area contributed by atoms with Crippen LogP contribution in [0.5, 0.6) is 5.75 Å². The van der Waals surface area contributed by atoms with E-state index in [4.69, 9.17) is 4.74 Å². The molecule has 0 radical (unpaired) electrons. The lowest BCUT2D eigenvalue weighted by Gasteiger charge is -2.13. The van der Waals surface area contributed by atoms with Gasteiger partial charge in [-0.25, -0.2) is 0 Å². The van der Waals surface area contributed by atoms with Gasteiger partial charge in [0, 0.05) is 19.2 Å². The molecule has 1 unspecified atom stereocenters. The molecular formula is C16H22N2O2. The van der Waals surface area contributed by atoms with Crippen molar-refractivity contribution in [1.29, 1.82) is 0 Å². The molecule has 0 saturated heterocycles. The average Bonchev–Trinajstić information content (AvgIpc) is 2.66. The molecule has 1 aromatic carbocycles. The predicted octanol–water partition coefficient (Wildman–Crippen LogP) is 2.71. The number of ether oxygens (including phenoxy) is 1. The summed E-state index contributed by atoms with van der Waals surface area (Å²) in [5, 5.41) is 14.8. The molecule has 1 N–H and O–H groups in total. The zero-order valence-electron chi connectivity index (χ0n) is 12.6. The topological polar surface area (TPSA) is 47.3 Å². The summed E-state index contributed by atoms with van der Waals surface area (Å²) in [4.78, 5) is 0. The molecule has 2 aromatic rings. The summed E-state index contributed by atoms with van der Waals surface area (Å²) in [6.45, 7) is 6.58.